The molecule has 1 amide bonds. The molecule has 0 fully saturated rings. The maximum absolute atomic E-state index is 12.6. The maximum Gasteiger partial charge on any atom is 0.272 e. The second kappa shape index (κ2) is 6.95. The molecule has 7 nitrogen and oxygen atoms in total. The third-order valence-corrected chi connectivity index (χ3v) is 4.38. The van der Waals surface area contributed by atoms with Gasteiger partial charge in [0, 0.05) is 36.8 Å². The van der Waals surface area contributed by atoms with E-state index in [0.717, 1.165) is 27.9 Å². The molecule has 7 heteroatoms. The van der Waals surface area contributed by atoms with E-state index in [1.165, 1.54) is 0 Å². The molecule has 0 spiro atoms. The summed E-state index contributed by atoms with van der Waals surface area (Å²) in [4.78, 5) is 12.6. The Morgan fingerprint density at radius 2 is 2.04 bits per heavy atom. The molecule has 0 aliphatic heterocycles. The number of carbonyl (C=O) groups excluding carboxylic acids is 1. The number of methoxy groups -OCH3 is 1. The Morgan fingerprint density at radius 3 is 2.89 bits per heavy atom. The molecule has 0 saturated carbocycles. The van der Waals surface area contributed by atoms with Crippen molar-refractivity contribution in [3.8, 4) is 11.4 Å². The van der Waals surface area contributed by atoms with E-state index in [1.807, 2.05) is 61.8 Å². The van der Waals surface area contributed by atoms with Gasteiger partial charge in [-0.3, -0.25) is 9.48 Å². The van der Waals surface area contributed by atoms with Gasteiger partial charge >= 0.3 is 0 Å². The fourth-order valence-corrected chi connectivity index (χ4v) is 2.99. The SMILES string of the molecule is COc1cccc(-n2cc(CNC(=O)c3nn(C)c4ccccc34)cn2)c1. The fourth-order valence-electron chi connectivity index (χ4n) is 2.99. The number of aryl methyl sites for hydroxylation is 1. The van der Waals surface area contributed by atoms with Gasteiger partial charge < -0.3 is 10.1 Å². The predicted octanol–water partition coefficient (Wildman–Crippen LogP) is 2.70. The molecule has 2 aromatic heterocycles. The van der Waals surface area contributed by atoms with Crippen molar-refractivity contribution in [3.05, 3.63) is 72.2 Å². The highest BCUT2D eigenvalue weighted by atomic mass is 16.5. The number of amides is 1. The first-order valence-electron chi connectivity index (χ1n) is 8.53. The van der Waals surface area contributed by atoms with Crippen LogP contribution in [0.25, 0.3) is 16.6 Å². The molecule has 0 atom stereocenters. The smallest absolute Gasteiger partial charge is 0.272 e. The number of ether oxygens (including phenoxy) is 1. The van der Waals surface area contributed by atoms with Crippen molar-refractivity contribution < 1.29 is 9.53 Å². The Kier molecular flexibility index (Phi) is 4.33. The summed E-state index contributed by atoms with van der Waals surface area (Å²) in [5.41, 5.74) is 3.14. The topological polar surface area (TPSA) is 74.0 Å². The summed E-state index contributed by atoms with van der Waals surface area (Å²) in [6.45, 7) is 0.369. The third kappa shape index (κ3) is 3.27. The van der Waals surface area contributed by atoms with Crippen LogP contribution in [0.15, 0.2) is 60.9 Å². The first-order valence-corrected chi connectivity index (χ1v) is 8.53. The minimum Gasteiger partial charge on any atom is -0.497 e. The lowest BCUT2D eigenvalue weighted by Gasteiger charge is -2.04. The average molecular weight is 361 g/mol. The number of rotatable bonds is 5. The van der Waals surface area contributed by atoms with Crippen LogP contribution in [-0.2, 0) is 13.6 Å². The van der Waals surface area contributed by atoms with Crippen LogP contribution >= 0.6 is 0 Å². The van der Waals surface area contributed by atoms with Gasteiger partial charge in [0.2, 0.25) is 0 Å². The Labute approximate surface area is 156 Å². The number of aromatic nitrogens is 4. The Morgan fingerprint density at radius 1 is 1.19 bits per heavy atom. The molecule has 27 heavy (non-hydrogen) atoms. The van der Waals surface area contributed by atoms with Crippen molar-refractivity contribution in [2.24, 2.45) is 7.05 Å². The van der Waals surface area contributed by atoms with Crippen LogP contribution in [0.4, 0.5) is 0 Å². The lowest BCUT2D eigenvalue weighted by molar-refractivity contribution is 0.0947. The predicted molar refractivity (Wildman–Crippen MR) is 102 cm³/mol. The molecule has 0 aliphatic carbocycles. The van der Waals surface area contributed by atoms with Gasteiger partial charge in [0.1, 0.15) is 5.75 Å². The van der Waals surface area contributed by atoms with E-state index in [9.17, 15) is 4.79 Å². The van der Waals surface area contributed by atoms with E-state index >= 15 is 0 Å². The number of fused-ring (bicyclic) bond motifs is 1. The average Bonchev–Trinajstić information content (AvgIpc) is 3.31. The van der Waals surface area contributed by atoms with E-state index < -0.39 is 0 Å². The highest BCUT2D eigenvalue weighted by molar-refractivity contribution is 6.04. The minimum absolute atomic E-state index is 0.207. The second-order valence-electron chi connectivity index (χ2n) is 6.17. The Bertz CT molecular complexity index is 1110. The molecule has 2 aromatic carbocycles. The highest BCUT2D eigenvalue weighted by Crippen LogP contribution is 2.18. The molecule has 0 bridgehead atoms. The van der Waals surface area contributed by atoms with E-state index in [1.54, 1.807) is 22.7 Å². The number of carbonyl (C=O) groups is 1. The first kappa shape index (κ1) is 16.8. The number of nitrogens with zero attached hydrogens (tertiary/aromatic N) is 4. The van der Waals surface area contributed by atoms with Gasteiger partial charge in [-0.2, -0.15) is 10.2 Å². The fraction of sp³-hybridized carbons (Fsp3) is 0.150. The zero-order valence-corrected chi connectivity index (χ0v) is 15.1. The van der Waals surface area contributed by atoms with Crippen molar-refractivity contribution in [1.29, 1.82) is 0 Å². The summed E-state index contributed by atoms with van der Waals surface area (Å²) in [6.07, 6.45) is 3.61. The maximum atomic E-state index is 12.6. The largest absolute Gasteiger partial charge is 0.497 e. The molecule has 0 aliphatic rings. The van der Waals surface area contributed by atoms with Gasteiger partial charge in [-0.15, -0.1) is 0 Å². The molecule has 0 saturated heterocycles. The molecular weight excluding hydrogens is 342 g/mol. The molecule has 4 aromatic rings. The minimum atomic E-state index is -0.207. The van der Waals surface area contributed by atoms with Gasteiger partial charge in [-0.1, -0.05) is 24.3 Å². The van der Waals surface area contributed by atoms with Crippen LogP contribution < -0.4 is 10.1 Å². The summed E-state index contributed by atoms with van der Waals surface area (Å²) in [6, 6.07) is 15.3. The number of para-hydroxylation sites is 1. The van der Waals surface area contributed by atoms with E-state index in [4.69, 9.17) is 4.74 Å². The standard InChI is InChI=1S/C20H19N5O2/c1-24-18-9-4-3-8-17(18)19(23-24)20(26)21-11-14-12-22-25(13-14)15-6-5-7-16(10-15)27-2/h3-10,12-13H,11H2,1-2H3,(H,21,26). The normalized spacial score (nSPS) is 10.9. The summed E-state index contributed by atoms with van der Waals surface area (Å²) < 4.78 is 8.70. The molecule has 0 radical (unpaired) electrons. The Hall–Kier alpha value is -3.61. The van der Waals surface area contributed by atoms with Crippen molar-refractivity contribution >= 4 is 16.8 Å². The molecule has 2 heterocycles. The molecule has 1 N–H and O–H groups in total. The zero-order valence-electron chi connectivity index (χ0n) is 15.1. The lowest BCUT2D eigenvalue weighted by atomic mass is 10.2. The highest BCUT2D eigenvalue weighted by Gasteiger charge is 2.15. The third-order valence-electron chi connectivity index (χ3n) is 4.38. The van der Waals surface area contributed by atoms with Crippen molar-refractivity contribution in [1.82, 2.24) is 24.9 Å². The zero-order chi connectivity index (χ0) is 18.8. The van der Waals surface area contributed by atoms with Crippen molar-refractivity contribution in [3.63, 3.8) is 0 Å². The van der Waals surface area contributed by atoms with E-state index in [0.29, 0.717) is 12.2 Å². The van der Waals surface area contributed by atoms with Crippen LogP contribution in [0.1, 0.15) is 16.1 Å². The van der Waals surface area contributed by atoms with Gasteiger partial charge in [0.25, 0.3) is 5.91 Å². The van der Waals surface area contributed by atoms with E-state index in [-0.39, 0.29) is 5.91 Å². The summed E-state index contributed by atoms with van der Waals surface area (Å²) in [5, 5.41) is 12.5. The molecule has 4 rings (SSSR count). The van der Waals surface area contributed by atoms with Crippen LogP contribution in [0.2, 0.25) is 0 Å². The molecular formula is C20H19N5O2. The summed E-state index contributed by atoms with van der Waals surface area (Å²) in [5.74, 6) is 0.556. The van der Waals surface area contributed by atoms with Gasteiger partial charge in [-0.25, -0.2) is 4.68 Å². The number of hydrogen-bond donors (Lipinski definition) is 1. The van der Waals surface area contributed by atoms with Gasteiger partial charge in [0.05, 0.1) is 24.5 Å². The van der Waals surface area contributed by atoms with Gasteiger partial charge in [0.15, 0.2) is 5.69 Å². The second-order valence-corrected chi connectivity index (χ2v) is 6.17. The van der Waals surface area contributed by atoms with Gasteiger partial charge in [-0.05, 0) is 18.2 Å². The van der Waals surface area contributed by atoms with Crippen LogP contribution in [0.3, 0.4) is 0 Å². The van der Waals surface area contributed by atoms with Crippen molar-refractivity contribution in [2.45, 2.75) is 6.54 Å². The van der Waals surface area contributed by atoms with E-state index in [2.05, 4.69) is 15.5 Å². The number of hydrogen-bond acceptors (Lipinski definition) is 4. The quantitative estimate of drug-likeness (QED) is 0.593. The van der Waals surface area contributed by atoms with Crippen LogP contribution in [0, 0.1) is 0 Å². The Balaban J connectivity index is 1.49. The molecule has 136 valence electrons. The summed E-state index contributed by atoms with van der Waals surface area (Å²) >= 11 is 0. The number of nitrogens with one attached hydrogen (secondary N) is 1. The number of benzene rings is 2. The lowest BCUT2D eigenvalue weighted by Crippen LogP contribution is -2.23. The van der Waals surface area contributed by atoms with Crippen LogP contribution in [-0.4, -0.2) is 32.6 Å². The summed E-state index contributed by atoms with van der Waals surface area (Å²) in [7, 11) is 3.46. The monoisotopic (exact) mass is 361 g/mol. The first-order chi connectivity index (χ1) is 13.2. The molecule has 0 unspecified atom stereocenters. The van der Waals surface area contributed by atoms with Crippen LogP contribution in [0.5, 0.6) is 5.75 Å². The van der Waals surface area contributed by atoms with Crippen molar-refractivity contribution in [2.75, 3.05) is 7.11 Å².